The summed E-state index contributed by atoms with van der Waals surface area (Å²) in [6.45, 7) is 1.72. The van der Waals surface area contributed by atoms with Crippen LogP contribution in [0.5, 0.6) is 11.5 Å². The number of nitrogens with zero attached hydrogens (tertiary/aromatic N) is 2. The molecule has 1 heterocycles. The molecule has 1 aliphatic heterocycles. The highest BCUT2D eigenvalue weighted by atomic mass is 16.5. The normalized spacial score (nSPS) is 16.0. The van der Waals surface area contributed by atoms with Gasteiger partial charge < -0.3 is 19.3 Å². The van der Waals surface area contributed by atoms with E-state index in [9.17, 15) is 0 Å². The van der Waals surface area contributed by atoms with E-state index in [4.69, 9.17) is 9.47 Å². The van der Waals surface area contributed by atoms with Gasteiger partial charge in [-0.05, 0) is 64.9 Å². The van der Waals surface area contributed by atoms with E-state index < -0.39 is 0 Å². The molecule has 0 saturated carbocycles. The smallest absolute Gasteiger partial charge is 0.119 e. The minimum Gasteiger partial charge on any atom is -0.497 e. The lowest BCUT2D eigenvalue weighted by Crippen LogP contribution is -2.26. The molecule has 0 aromatic heterocycles. The van der Waals surface area contributed by atoms with Gasteiger partial charge in [-0.2, -0.15) is 0 Å². The maximum atomic E-state index is 5.37. The molecule has 4 heteroatoms. The Hall–Kier alpha value is -3.66. The molecule has 4 aromatic carbocycles. The highest BCUT2D eigenvalue weighted by Gasteiger charge is 2.33. The molecule has 156 valence electrons. The Morgan fingerprint density at radius 1 is 0.677 bits per heavy atom. The zero-order chi connectivity index (χ0) is 21.2. The van der Waals surface area contributed by atoms with Gasteiger partial charge in [0, 0.05) is 17.9 Å². The summed E-state index contributed by atoms with van der Waals surface area (Å²) in [7, 11) is 3.40. The molecule has 0 N–H and O–H groups in total. The van der Waals surface area contributed by atoms with Crippen molar-refractivity contribution >= 4 is 22.1 Å². The van der Waals surface area contributed by atoms with Gasteiger partial charge in [0.05, 0.1) is 26.9 Å². The number of benzene rings is 4. The van der Waals surface area contributed by atoms with Crippen molar-refractivity contribution in [3.63, 3.8) is 0 Å². The van der Waals surface area contributed by atoms with Crippen LogP contribution >= 0.6 is 0 Å². The Kier molecular flexibility index (Phi) is 5.13. The zero-order valence-corrected chi connectivity index (χ0v) is 17.9. The van der Waals surface area contributed by atoms with E-state index in [2.05, 4.69) is 76.5 Å². The Balaban J connectivity index is 1.56. The number of anilines is 2. The monoisotopic (exact) mass is 410 g/mol. The molecule has 1 fully saturated rings. The van der Waals surface area contributed by atoms with Gasteiger partial charge >= 0.3 is 0 Å². The zero-order valence-electron chi connectivity index (χ0n) is 17.9. The molecule has 0 amide bonds. The minimum absolute atomic E-state index is 0.238. The van der Waals surface area contributed by atoms with E-state index in [1.807, 2.05) is 24.3 Å². The van der Waals surface area contributed by atoms with Crippen LogP contribution < -0.4 is 19.3 Å². The Bertz CT molecular complexity index is 1170. The van der Waals surface area contributed by atoms with E-state index in [0.29, 0.717) is 0 Å². The minimum atomic E-state index is 0.238. The highest BCUT2D eigenvalue weighted by Crippen LogP contribution is 2.38. The molecular weight excluding hydrogens is 384 g/mol. The Morgan fingerprint density at radius 2 is 1.29 bits per heavy atom. The number of ether oxygens (including phenoxy) is 2. The molecule has 1 saturated heterocycles. The molecule has 31 heavy (non-hydrogen) atoms. The second kappa shape index (κ2) is 8.23. The van der Waals surface area contributed by atoms with Gasteiger partial charge in [0.1, 0.15) is 11.5 Å². The van der Waals surface area contributed by atoms with Crippen molar-refractivity contribution in [2.24, 2.45) is 0 Å². The third-order valence-electron chi connectivity index (χ3n) is 6.12. The first-order valence-electron chi connectivity index (χ1n) is 10.5. The van der Waals surface area contributed by atoms with Gasteiger partial charge in [0.25, 0.3) is 0 Å². The Labute approximate surface area is 183 Å². The SMILES string of the molecule is COc1ccc(N2CC(c3cccc4ccccc34)N(c3ccc(OC)cc3)C2)cc1. The summed E-state index contributed by atoms with van der Waals surface area (Å²) in [4.78, 5) is 4.90. The topological polar surface area (TPSA) is 24.9 Å². The average Bonchev–Trinajstić information content (AvgIpc) is 3.29. The molecular formula is C27H26N2O2. The van der Waals surface area contributed by atoms with E-state index in [1.54, 1.807) is 14.2 Å². The fourth-order valence-electron chi connectivity index (χ4n) is 4.47. The Morgan fingerprint density at radius 3 is 1.97 bits per heavy atom. The summed E-state index contributed by atoms with van der Waals surface area (Å²) in [5.74, 6) is 1.75. The third-order valence-corrected chi connectivity index (χ3v) is 6.12. The van der Waals surface area contributed by atoms with E-state index in [0.717, 1.165) is 24.7 Å². The molecule has 1 atom stereocenters. The van der Waals surface area contributed by atoms with Crippen molar-refractivity contribution in [3.05, 3.63) is 96.6 Å². The van der Waals surface area contributed by atoms with Crippen LogP contribution in [0.25, 0.3) is 10.8 Å². The fourth-order valence-corrected chi connectivity index (χ4v) is 4.47. The molecule has 4 aromatic rings. The maximum absolute atomic E-state index is 5.37. The first-order chi connectivity index (χ1) is 15.3. The lowest BCUT2D eigenvalue weighted by molar-refractivity contribution is 0.414. The fraction of sp³-hybridized carbons (Fsp3) is 0.185. The molecule has 4 nitrogen and oxygen atoms in total. The molecule has 0 spiro atoms. The van der Waals surface area contributed by atoms with Gasteiger partial charge in [-0.15, -0.1) is 0 Å². The standard InChI is InChI=1S/C27H26N2O2/c1-30-23-14-10-21(11-15-23)28-18-27(26-9-5-7-20-6-3-4-8-25(20)26)29(19-28)22-12-16-24(31-2)17-13-22/h3-17,27H,18-19H2,1-2H3. The van der Waals surface area contributed by atoms with Crippen LogP contribution in [0.1, 0.15) is 11.6 Å². The van der Waals surface area contributed by atoms with Gasteiger partial charge in [-0.1, -0.05) is 42.5 Å². The number of fused-ring (bicyclic) bond motifs is 1. The second-order valence-corrected chi connectivity index (χ2v) is 7.81. The lowest BCUT2D eigenvalue weighted by atomic mass is 9.98. The number of hydrogen-bond acceptors (Lipinski definition) is 4. The first-order valence-corrected chi connectivity index (χ1v) is 10.5. The largest absolute Gasteiger partial charge is 0.497 e. The molecule has 0 aliphatic carbocycles. The summed E-state index contributed by atoms with van der Waals surface area (Å²) < 4.78 is 10.7. The summed E-state index contributed by atoms with van der Waals surface area (Å²) in [5.41, 5.74) is 3.74. The van der Waals surface area contributed by atoms with Crippen LogP contribution in [-0.2, 0) is 0 Å². The van der Waals surface area contributed by atoms with Gasteiger partial charge in [-0.25, -0.2) is 0 Å². The van der Waals surface area contributed by atoms with Crippen molar-refractivity contribution in [3.8, 4) is 11.5 Å². The van der Waals surface area contributed by atoms with Crippen molar-refractivity contribution in [2.75, 3.05) is 37.2 Å². The van der Waals surface area contributed by atoms with Crippen molar-refractivity contribution in [1.82, 2.24) is 0 Å². The molecule has 1 aliphatic rings. The first kappa shape index (κ1) is 19.3. The maximum Gasteiger partial charge on any atom is 0.119 e. The van der Waals surface area contributed by atoms with Gasteiger partial charge in [-0.3, -0.25) is 0 Å². The van der Waals surface area contributed by atoms with E-state index >= 15 is 0 Å². The molecule has 0 bridgehead atoms. The third kappa shape index (κ3) is 3.66. The average molecular weight is 411 g/mol. The molecule has 0 radical (unpaired) electrons. The van der Waals surface area contributed by atoms with Crippen LogP contribution in [0, 0.1) is 0 Å². The van der Waals surface area contributed by atoms with Crippen molar-refractivity contribution in [2.45, 2.75) is 6.04 Å². The van der Waals surface area contributed by atoms with Crippen LogP contribution in [0.15, 0.2) is 91.0 Å². The predicted octanol–water partition coefficient (Wildman–Crippen LogP) is 5.88. The number of rotatable bonds is 5. The van der Waals surface area contributed by atoms with Gasteiger partial charge in [0.15, 0.2) is 0 Å². The quantitative estimate of drug-likeness (QED) is 0.410. The van der Waals surface area contributed by atoms with Gasteiger partial charge in [0.2, 0.25) is 0 Å². The summed E-state index contributed by atoms with van der Waals surface area (Å²) in [6.07, 6.45) is 0. The lowest BCUT2D eigenvalue weighted by Gasteiger charge is -2.27. The van der Waals surface area contributed by atoms with Crippen LogP contribution in [0.3, 0.4) is 0 Å². The van der Waals surface area contributed by atoms with E-state index in [-0.39, 0.29) is 6.04 Å². The summed E-state index contributed by atoms with van der Waals surface area (Å²) in [5, 5.41) is 2.59. The second-order valence-electron chi connectivity index (χ2n) is 7.81. The van der Waals surface area contributed by atoms with Crippen molar-refractivity contribution < 1.29 is 9.47 Å². The van der Waals surface area contributed by atoms with Crippen LogP contribution in [-0.4, -0.2) is 27.4 Å². The van der Waals surface area contributed by atoms with Crippen LogP contribution in [0.2, 0.25) is 0 Å². The number of hydrogen-bond donors (Lipinski definition) is 0. The predicted molar refractivity (Wildman–Crippen MR) is 127 cm³/mol. The summed E-state index contributed by atoms with van der Waals surface area (Å²) in [6, 6.07) is 32.2. The summed E-state index contributed by atoms with van der Waals surface area (Å²) >= 11 is 0. The van der Waals surface area contributed by atoms with E-state index in [1.165, 1.54) is 27.7 Å². The molecule has 1 unspecified atom stereocenters. The van der Waals surface area contributed by atoms with Crippen molar-refractivity contribution in [1.29, 1.82) is 0 Å². The highest BCUT2D eigenvalue weighted by molar-refractivity contribution is 5.87. The number of methoxy groups -OCH3 is 2. The van der Waals surface area contributed by atoms with Crippen LogP contribution in [0.4, 0.5) is 11.4 Å². The molecule has 5 rings (SSSR count).